The second-order valence-electron chi connectivity index (χ2n) is 19.5. The molecule has 0 spiro atoms. The summed E-state index contributed by atoms with van der Waals surface area (Å²) in [6.07, 6.45) is 6.23. The minimum atomic E-state index is 0.464. The quantitative estimate of drug-likeness (QED) is 0.138. The van der Waals surface area contributed by atoms with E-state index in [0.717, 1.165) is 22.7 Å². The highest BCUT2D eigenvalue weighted by Gasteiger charge is 2.28. The van der Waals surface area contributed by atoms with Crippen molar-refractivity contribution in [1.29, 1.82) is 0 Å². The Hall–Kier alpha value is -8.66. The Labute approximate surface area is 414 Å². The summed E-state index contributed by atoms with van der Waals surface area (Å²) in [7, 11) is 0. The molecular formula is C68H51N3. The molecule has 13 aromatic rings. The molecule has 0 bridgehead atoms. The summed E-state index contributed by atoms with van der Waals surface area (Å²) in [5, 5.41) is 10.1. The predicted octanol–water partition coefficient (Wildman–Crippen LogP) is 19.0. The van der Waals surface area contributed by atoms with Crippen molar-refractivity contribution in [2.24, 2.45) is 0 Å². The maximum absolute atomic E-state index is 2.61. The van der Waals surface area contributed by atoms with Gasteiger partial charge >= 0.3 is 0 Å². The van der Waals surface area contributed by atoms with Crippen LogP contribution >= 0.6 is 0 Å². The number of aromatic nitrogens is 2. The van der Waals surface area contributed by atoms with Gasteiger partial charge < -0.3 is 14.0 Å². The average Bonchev–Trinajstić information content (AvgIpc) is 3.96. The molecule has 0 radical (unpaired) electrons. The van der Waals surface area contributed by atoms with Crippen LogP contribution in [0.15, 0.2) is 243 Å². The molecule has 0 amide bonds. The maximum Gasteiger partial charge on any atom is 0.0618 e. The zero-order chi connectivity index (χ0) is 46.8. The van der Waals surface area contributed by atoms with Crippen LogP contribution in [0.1, 0.15) is 43.6 Å². The largest absolute Gasteiger partial charge is 0.309 e. The minimum absolute atomic E-state index is 0.464. The van der Waals surface area contributed by atoms with Crippen LogP contribution in [0.25, 0.3) is 98.8 Å². The van der Waals surface area contributed by atoms with Crippen LogP contribution in [0, 0.1) is 0 Å². The van der Waals surface area contributed by atoms with Gasteiger partial charge in [-0.15, -0.1) is 0 Å². The van der Waals surface area contributed by atoms with E-state index < -0.39 is 0 Å². The van der Waals surface area contributed by atoms with Gasteiger partial charge in [-0.1, -0.05) is 177 Å². The fourth-order valence-electron chi connectivity index (χ4n) is 12.2. The van der Waals surface area contributed by atoms with E-state index >= 15 is 0 Å². The molecular weight excluding hydrogens is 859 g/mol. The summed E-state index contributed by atoms with van der Waals surface area (Å²) in [5.74, 6) is 0.464. The monoisotopic (exact) mass is 909 g/mol. The molecule has 2 aromatic heterocycles. The fraction of sp³-hybridized carbons (Fsp3) is 0.0882. The van der Waals surface area contributed by atoms with Gasteiger partial charge in [0.15, 0.2) is 0 Å². The van der Waals surface area contributed by atoms with Crippen molar-refractivity contribution in [2.75, 3.05) is 4.90 Å². The van der Waals surface area contributed by atoms with E-state index in [-0.39, 0.29) is 0 Å². The molecule has 1 aliphatic rings. The van der Waals surface area contributed by atoms with Gasteiger partial charge in [-0.05, 0) is 142 Å². The number of rotatable bonds is 8. The summed E-state index contributed by atoms with van der Waals surface area (Å²) < 4.78 is 4.84. The zero-order valence-corrected chi connectivity index (χ0v) is 39.5. The second-order valence-corrected chi connectivity index (χ2v) is 19.5. The van der Waals surface area contributed by atoms with Crippen molar-refractivity contribution in [2.45, 2.75) is 38.0 Å². The molecule has 11 aromatic carbocycles. The smallest absolute Gasteiger partial charge is 0.0618 e. The topological polar surface area (TPSA) is 13.1 Å². The lowest BCUT2D eigenvalue weighted by atomic mass is 9.78. The Morgan fingerprint density at radius 2 is 0.732 bits per heavy atom. The number of fused-ring (bicyclic) bond motifs is 8. The van der Waals surface area contributed by atoms with Crippen LogP contribution in [-0.4, -0.2) is 9.13 Å². The van der Waals surface area contributed by atoms with Crippen LogP contribution in [-0.2, 0) is 0 Å². The van der Waals surface area contributed by atoms with Crippen LogP contribution < -0.4 is 4.90 Å². The first-order chi connectivity index (χ1) is 35.2. The highest BCUT2D eigenvalue weighted by atomic mass is 15.1. The van der Waals surface area contributed by atoms with Gasteiger partial charge in [-0.2, -0.15) is 0 Å². The third-order valence-corrected chi connectivity index (χ3v) is 15.4. The lowest BCUT2D eigenvalue weighted by Crippen LogP contribution is -2.13. The second kappa shape index (κ2) is 17.1. The van der Waals surface area contributed by atoms with E-state index in [2.05, 4.69) is 257 Å². The first kappa shape index (κ1) is 41.3. The minimum Gasteiger partial charge on any atom is -0.309 e. The highest BCUT2D eigenvalue weighted by Crippen LogP contribution is 2.52. The highest BCUT2D eigenvalue weighted by molar-refractivity contribution is 6.20. The SMILES string of the molecule is c1ccc(-c2ccc3c(N(c4ccc5c(c4)c4ccccc4n5-c4ccccc4)c4ccc5c(c4)c4ccccc4n5-c4ccccc4)c4cc(-c5ccccc5)ccc4c(C4CCCCC4)c3c2)cc1. The van der Waals surface area contributed by atoms with Gasteiger partial charge in [0.25, 0.3) is 0 Å². The summed E-state index contributed by atoms with van der Waals surface area (Å²) in [5.41, 5.74) is 16.9. The number of nitrogens with zero attached hydrogens (tertiary/aromatic N) is 3. The molecule has 1 fully saturated rings. The molecule has 0 saturated heterocycles. The molecule has 1 aliphatic carbocycles. The van der Waals surface area contributed by atoms with E-state index in [0.29, 0.717) is 5.92 Å². The zero-order valence-electron chi connectivity index (χ0n) is 39.5. The predicted molar refractivity (Wildman–Crippen MR) is 302 cm³/mol. The number of anilines is 3. The number of para-hydroxylation sites is 4. The lowest BCUT2D eigenvalue weighted by Gasteiger charge is -2.32. The van der Waals surface area contributed by atoms with Gasteiger partial charge in [0, 0.05) is 55.1 Å². The van der Waals surface area contributed by atoms with Crippen LogP contribution in [0.5, 0.6) is 0 Å². The fourth-order valence-corrected chi connectivity index (χ4v) is 12.2. The van der Waals surface area contributed by atoms with Crippen molar-refractivity contribution < 1.29 is 0 Å². The van der Waals surface area contributed by atoms with Crippen molar-refractivity contribution >= 4 is 82.2 Å². The first-order valence-corrected chi connectivity index (χ1v) is 25.4. The standard InChI is InChI=1S/C68H51N3/c1-6-20-46(21-7-1)49-35-39-58-61(42-49)67(48-24-10-3-11-25-48)57-38-34-50(47-22-8-2-9-23-47)43-62(57)68(58)69(53-36-40-65-59(44-53)55-30-16-18-32-63(55)70(65)51-26-12-4-13-27-51)54-37-41-66-60(45-54)56-31-17-19-33-64(56)71(66)52-28-14-5-15-29-52/h1-2,4-9,12-23,26-45,48H,3,10-11,24-25H2. The van der Waals surface area contributed by atoms with Gasteiger partial charge in [0.2, 0.25) is 0 Å². The van der Waals surface area contributed by atoms with E-state index in [1.807, 2.05) is 0 Å². The normalized spacial score (nSPS) is 13.3. The molecule has 1 saturated carbocycles. The van der Waals surface area contributed by atoms with Crippen LogP contribution in [0.4, 0.5) is 17.1 Å². The molecule has 3 nitrogen and oxygen atoms in total. The Morgan fingerprint density at radius 3 is 1.25 bits per heavy atom. The van der Waals surface area contributed by atoms with E-state index in [9.17, 15) is 0 Å². The Morgan fingerprint density at radius 1 is 0.296 bits per heavy atom. The summed E-state index contributed by atoms with van der Waals surface area (Å²) in [6, 6.07) is 90.3. The van der Waals surface area contributed by atoms with Crippen molar-refractivity contribution in [1.82, 2.24) is 9.13 Å². The van der Waals surface area contributed by atoms with Gasteiger partial charge in [0.1, 0.15) is 0 Å². The average molecular weight is 910 g/mol. The first-order valence-electron chi connectivity index (χ1n) is 25.4. The molecule has 3 heteroatoms. The van der Waals surface area contributed by atoms with E-state index in [1.54, 1.807) is 0 Å². The van der Waals surface area contributed by atoms with Gasteiger partial charge in [-0.25, -0.2) is 0 Å². The Bertz CT molecular complexity index is 3970. The molecule has 0 aliphatic heterocycles. The molecule has 338 valence electrons. The van der Waals surface area contributed by atoms with Crippen LogP contribution in [0.2, 0.25) is 0 Å². The van der Waals surface area contributed by atoms with E-state index in [1.165, 1.54) is 131 Å². The van der Waals surface area contributed by atoms with Crippen molar-refractivity contribution in [3.05, 3.63) is 248 Å². The summed E-state index contributed by atoms with van der Waals surface area (Å²) in [4.78, 5) is 2.61. The van der Waals surface area contributed by atoms with E-state index in [4.69, 9.17) is 0 Å². The number of benzene rings is 11. The third-order valence-electron chi connectivity index (χ3n) is 15.4. The Balaban J connectivity index is 1.12. The Kier molecular flexibility index (Phi) is 9.94. The summed E-state index contributed by atoms with van der Waals surface area (Å²) in [6.45, 7) is 0. The molecule has 2 heterocycles. The molecule has 14 rings (SSSR count). The molecule has 0 N–H and O–H groups in total. The van der Waals surface area contributed by atoms with Gasteiger partial charge in [-0.3, -0.25) is 0 Å². The van der Waals surface area contributed by atoms with Crippen molar-refractivity contribution in [3.63, 3.8) is 0 Å². The van der Waals surface area contributed by atoms with Gasteiger partial charge in [0.05, 0.1) is 27.8 Å². The molecule has 0 atom stereocenters. The number of hydrogen-bond acceptors (Lipinski definition) is 1. The summed E-state index contributed by atoms with van der Waals surface area (Å²) >= 11 is 0. The third kappa shape index (κ3) is 6.87. The number of hydrogen-bond donors (Lipinski definition) is 0. The van der Waals surface area contributed by atoms with Crippen molar-refractivity contribution in [3.8, 4) is 33.6 Å². The molecule has 0 unspecified atom stereocenters. The lowest BCUT2D eigenvalue weighted by molar-refractivity contribution is 0.447. The van der Waals surface area contributed by atoms with Crippen LogP contribution in [0.3, 0.4) is 0 Å². The molecule has 71 heavy (non-hydrogen) atoms. The maximum atomic E-state index is 2.61.